The third-order valence-electron chi connectivity index (χ3n) is 3.25. The molecule has 0 spiro atoms. The van der Waals surface area contributed by atoms with Crippen molar-refractivity contribution in [2.75, 3.05) is 31.3 Å². The van der Waals surface area contributed by atoms with Crippen molar-refractivity contribution >= 4 is 25.8 Å². The first kappa shape index (κ1) is 13.2. The van der Waals surface area contributed by atoms with Crippen LogP contribution in [-0.2, 0) is 6.42 Å². The number of likely N-dealkylation sites (N-methyl/N-ethyl adjacent to an activating group) is 1. The number of H-pyrrole nitrogens is 1. The van der Waals surface area contributed by atoms with E-state index < -0.39 is 0 Å². The maximum atomic E-state index is 12.1. The zero-order valence-corrected chi connectivity index (χ0v) is 14.3. The first-order valence-corrected chi connectivity index (χ1v) is 8.62. The zero-order valence-electron chi connectivity index (χ0n) is 10.4. The van der Waals surface area contributed by atoms with Crippen LogP contribution in [0.5, 0.6) is 0 Å². The van der Waals surface area contributed by atoms with Crippen LogP contribution >= 0.6 is 0 Å². The topological polar surface area (TPSA) is 39.3 Å². The summed E-state index contributed by atoms with van der Waals surface area (Å²) in [6.45, 7) is 1.98. The minimum atomic E-state index is 0.186. The molecular formula is C12H18N3OPb. The van der Waals surface area contributed by atoms with Crippen molar-refractivity contribution in [3.63, 3.8) is 0 Å². The van der Waals surface area contributed by atoms with Gasteiger partial charge in [-0.15, -0.1) is 0 Å². The van der Waals surface area contributed by atoms with E-state index in [2.05, 4.69) is 28.9 Å². The molecule has 91 valence electrons. The van der Waals surface area contributed by atoms with Crippen LogP contribution in [0, 0.1) is 0 Å². The van der Waals surface area contributed by atoms with Gasteiger partial charge in [-0.05, 0) is 0 Å². The Morgan fingerprint density at radius 3 is 3.00 bits per heavy atom. The van der Waals surface area contributed by atoms with Gasteiger partial charge in [0, 0.05) is 0 Å². The molecule has 4 nitrogen and oxygen atoms in total. The Morgan fingerprint density at radius 1 is 1.59 bits per heavy atom. The second-order valence-corrected chi connectivity index (χ2v) is 5.96. The molecule has 1 N–H and O–H groups in total. The molecule has 1 unspecified atom stereocenters. The molecule has 1 aliphatic heterocycles. The maximum absolute atomic E-state index is 12.1. The quantitative estimate of drug-likeness (QED) is 0.689. The van der Waals surface area contributed by atoms with Gasteiger partial charge in [-0.3, -0.25) is 0 Å². The number of aromatic amines is 1. The normalized spacial score (nSPS) is 20.6. The molecule has 2 heterocycles. The number of nitrogens with one attached hydrogen (secondary N) is 1. The van der Waals surface area contributed by atoms with Gasteiger partial charge in [-0.25, -0.2) is 0 Å². The van der Waals surface area contributed by atoms with Gasteiger partial charge in [0.15, 0.2) is 0 Å². The van der Waals surface area contributed by atoms with Crippen molar-refractivity contribution in [1.82, 2.24) is 14.8 Å². The van der Waals surface area contributed by atoms with Crippen molar-refractivity contribution in [3.8, 4) is 0 Å². The molecule has 0 saturated heterocycles. The molecule has 2 rings (SSSR count). The number of hydrogen-bond donors (Lipinski definition) is 1. The standard InChI is InChI=1S/C12H18N3O.Pb/c1-14(2)8-10-12-9(5-7-15(10)3)13-6-4-11(12)16;/h4,6,10H,3,5,7-8H2,1-2H3,(H,13,16);. The van der Waals surface area contributed by atoms with Crippen LogP contribution in [0.25, 0.3) is 0 Å². The Balaban J connectivity index is 2.42. The van der Waals surface area contributed by atoms with Gasteiger partial charge in [0.25, 0.3) is 0 Å². The van der Waals surface area contributed by atoms with E-state index in [1.807, 2.05) is 0 Å². The van der Waals surface area contributed by atoms with Gasteiger partial charge in [0.2, 0.25) is 0 Å². The molecule has 1 aromatic rings. The predicted molar refractivity (Wildman–Crippen MR) is 69.4 cm³/mol. The summed E-state index contributed by atoms with van der Waals surface area (Å²) in [5.41, 5.74) is 2.31. The summed E-state index contributed by atoms with van der Waals surface area (Å²) in [7, 11) is 4.13. The molecule has 1 aliphatic rings. The molecule has 5 heteroatoms. The van der Waals surface area contributed by atoms with Gasteiger partial charge in [0.1, 0.15) is 0 Å². The Hall–Kier alpha value is -0.208. The van der Waals surface area contributed by atoms with E-state index >= 15 is 0 Å². The average Bonchev–Trinajstić information content (AvgIpc) is 2.28. The summed E-state index contributed by atoms with van der Waals surface area (Å²) < 4.78 is 1.13. The van der Waals surface area contributed by atoms with Crippen LogP contribution in [0.1, 0.15) is 17.3 Å². The van der Waals surface area contributed by atoms with Gasteiger partial charge < -0.3 is 0 Å². The van der Waals surface area contributed by atoms with E-state index in [1.165, 1.54) is 0 Å². The molecule has 3 radical (unpaired) electrons. The van der Waals surface area contributed by atoms with Crippen LogP contribution in [0.15, 0.2) is 17.1 Å². The summed E-state index contributed by atoms with van der Waals surface area (Å²) in [6.07, 6.45) is 2.74. The molecular weight excluding hydrogens is 409 g/mol. The number of nitrogens with zero attached hydrogens (tertiary/aromatic N) is 2. The monoisotopic (exact) mass is 428 g/mol. The minimum absolute atomic E-state index is 0.186. The van der Waals surface area contributed by atoms with Crippen LogP contribution in [-0.4, -0.2) is 71.8 Å². The fourth-order valence-electron chi connectivity index (χ4n) is 2.44. The second kappa shape index (κ2) is 5.62. The Kier molecular flexibility index (Phi) is 4.37. The van der Waals surface area contributed by atoms with E-state index in [9.17, 15) is 4.79 Å². The molecule has 0 saturated carbocycles. The van der Waals surface area contributed by atoms with E-state index in [4.69, 9.17) is 0 Å². The summed E-state index contributed by atoms with van der Waals surface area (Å²) in [4.78, 5) is 19.9. The van der Waals surface area contributed by atoms with Crippen LogP contribution in [0.4, 0.5) is 0 Å². The fourth-order valence-corrected chi connectivity index (χ4v) is 3.91. The Morgan fingerprint density at radius 2 is 2.35 bits per heavy atom. The van der Waals surface area contributed by atoms with Gasteiger partial charge in [0.05, 0.1) is 0 Å². The van der Waals surface area contributed by atoms with Crippen LogP contribution < -0.4 is 5.43 Å². The Bertz CT molecular complexity index is 444. The molecule has 1 atom stereocenters. The second-order valence-electron chi connectivity index (χ2n) is 4.73. The summed E-state index contributed by atoms with van der Waals surface area (Å²) in [5.74, 6) is 0. The number of rotatable bonds is 3. The molecule has 0 aliphatic carbocycles. The Labute approximate surface area is 118 Å². The van der Waals surface area contributed by atoms with Crippen LogP contribution in [0.3, 0.4) is 0 Å². The van der Waals surface area contributed by atoms with Crippen molar-refractivity contribution in [1.29, 1.82) is 0 Å². The van der Waals surface area contributed by atoms with Crippen molar-refractivity contribution in [3.05, 3.63) is 33.7 Å². The molecule has 0 fully saturated rings. The summed E-state index contributed by atoms with van der Waals surface area (Å²) in [5, 5.41) is 0. The third kappa shape index (κ3) is 2.79. The number of pyridine rings is 1. The van der Waals surface area contributed by atoms with Crippen LogP contribution in [0.2, 0.25) is 0 Å². The molecule has 0 amide bonds. The van der Waals surface area contributed by atoms with Crippen molar-refractivity contribution < 1.29 is 0 Å². The fraction of sp³-hybridized carbons (Fsp3) is 0.583. The van der Waals surface area contributed by atoms with E-state index in [1.54, 1.807) is 12.3 Å². The summed E-state index contributed by atoms with van der Waals surface area (Å²) in [6, 6.07) is 1.91. The molecule has 17 heavy (non-hydrogen) atoms. The average molecular weight is 427 g/mol. The molecule has 1 aromatic heterocycles. The van der Waals surface area contributed by atoms with E-state index in [0.29, 0.717) is 0 Å². The molecule has 0 bridgehead atoms. The zero-order chi connectivity index (χ0) is 12.4. The molecule has 0 aromatic carbocycles. The number of aromatic nitrogens is 1. The first-order valence-electron chi connectivity index (χ1n) is 5.87. The first-order chi connectivity index (χ1) is 8.13. The van der Waals surface area contributed by atoms with E-state index in [-0.39, 0.29) is 11.5 Å². The SMILES string of the molecule is CN(C)CC1c2c([nH]ccc2=O)CCN1[CH2][Pb]. The van der Waals surface area contributed by atoms with Gasteiger partial charge >= 0.3 is 118 Å². The predicted octanol–water partition coefficient (Wildman–Crippen LogP) is -0.0383. The van der Waals surface area contributed by atoms with E-state index in [0.717, 1.165) is 60.6 Å². The van der Waals surface area contributed by atoms with Crippen molar-refractivity contribution in [2.45, 2.75) is 12.5 Å². The third-order valence-corrected chi connectivity index (χ3v) is 4.83. The number of fused-ring (bicyclic) bond motifs is 1. The van der Waals surface area contributed by atoms with Gasteiger partial charge in [-0.1, -0.05) is 0 Å². The number of hydrogen-bond acceptors (Lipinski definition) is 3. The summed E-state index contributed by atoms with van der Waals surface area (Å²) >= 11 is 1.15. The van der Waals surface area contributed by atoms with Crippen molar-refractivity contribution in [2.24, 2.45) is 0 Å². The van der Waals surface area contributed by atoms with Gasteiger partial charge in [-0.2, -0.15) is 0 Å².